The van der Waals surface area contributed by atoms with Crippen LogP contribution in [-0.2, 0) is 30.2 Å². The Bertz CT molecular complexity index is 1190. The molecule has 0 atom stereocenters. The zero-order chi connectivity index (χ0) is 25.7. The van der Waals surface area contributed by atoms with Gasteiger partial charge >= 0.3 is 6.18 Å². The monoisotopic (exact) mass is 498 g/mol. The molecule has 0 unspecified atom stereocenters. The molecule has 1 aliphatic heterocycles. The van der Waals surface area contributed by atoms with Gasteiger partial charge in [-0.05, 0) is 81.1 Å². The molecule has 3 N–H and O–H groups in total. The Hall–Kier alpha value is -3.53. The van der Waals surface area contributed by atoms with Crippen LogP contribution in [0.1, 0.15) is 46.8 Å². The number of benzene rings is 1. The highest BCUT2D eigenvalue weighted by molar-refractivity contribution is 5.76. The molecule has 0 spiro atoms. The molecule has 2 aromatic heterocycles. The van der Waals surface area contributed by atoms with Crippen LogP contribution in [0.3, 0.4) is 0 Å². The SMILES string of the molecule is CN1CCC(c2ccc(Nc3ncc(C(F)(F)F)c(CCc4ncccc4CC(N)=O)n3)cc2)CC1. The highest BCUT2D eigenvalue weighted by atomic mass is 19.4. The van der Waals surface area contributed by atoms with E-state index < -0.39 is 17.6 Å². The lowest BCUT2D eigenvalue weighted by molar-refractivity contribution is -0.138. The number of hydrogen-bond acceptors (Lipinski definition) is 6. The standard InChI is InChI=1S/C26H29F3N6O/c1-35-13-10-18(11-14-35)17-4-6-20(7-5-17)33-25-32-16-21(26(27,28)29)23(34-25)9-8-22-19(15-24(30)36)3-2-12-31-22/h2-7,12,16,18H,8-11,13-15H2,1H3,(H2,30,36)(H,32,33,34). The van der Waals surface area contributed by atoms with E-state index in [0.717, 1.165) is 32.1 Å². The maximum atomic E-state index is 13.6. The Balaban J connectivity index is 1.50. The number of nitrogens with one attached hydrogen (secondary N) is 1. The summed E-state index contributed by atoms with van der Waals surface area (Å²) in [6.07, 6.45) is 0.0759. The summed E-state index contributed by atoms with van der Waals surface area (Å²) in [5.74, 6) is 0.0641. The first-order valence-corrected chi connectivity index (χ1v) is 11.9. The van der Waals surface area contributed by atoms with E-state index in [1.165, 1.54) is 11.8 Å². The van der Waals surface area contributed by atoms with Crippen LogP contribution < -0.4 is 11.1 Å². The fraction of sp³-hybridized carbons (Fsp3) is 0.385. The number of nitrogens with two attached hydrogens (primary N) is 1. The van der Waals surface area contributed by atoms with Crippen molar-refractivity contribution in [1.29, 1.82) is 0 Å². The summed E-state index contributed by atoms with van der Waals surface area (Å²) in [4.78, 5) is 26.0. The van der Waals surface area contributed by atoms with Gasteiger partial charge in [0.2, 0.25) is 11.9 Å². The molecule has 0 radical (unpaired) electrons. The summed E-state index contributed by atoms with van der Waals surface area (Å²) < 4.78 is 40.9. The fourth-order valence-corrected chi connectivity index (χ4v) is 4.50. The smallest absolute Gasteiger partial charge is 0.369 e. The third kappa shape index (κ3) is 6.57. The topological polar surface area (TPSA) is 97.0 Å². The van der Waals surface area contributed by atoms with Gasteiger partial charge in [-0.15, -0.1) is 0 Å². The average Bonchev–Trinajstić information content (AvgIpc) is 2.84. The van der Waals surface area contributed by atoms with Gasteiger partial charge in [-0.25, -0.2) is 9.97 Å². The van der Waals surface area contributed by atoms with E-state index in [1.54, 1.807) is 12.1 Å². The van der Waals surface area contributed by atoms with Crippen molar-refractivity contribution in [2.75, 3.05) is 25.5 Å². The summed E-state index contributed by atoms with van der Waals surface area (Å²) in [6, 6.07) is 11.2. The number of amides is 1. The summed E-state index contributed by atoms with van der Waals surface area (Å²) in [5, 5.41) is 3.02. The predicted octanol–water partition coefficient (Wildman–Crippen LogP) is 4.26. The van der Waals surface area contributed by atoms with Crippen molar-refractivity contribution in [1.82, 2.24) is 19.9 Å². The quantitative estimate of drug-likeness (QED) is 0.482. The zero-order valence-corrected chi connectivity index (χ0v) is 20.1. The van der Waals surface area contributed by atoms with Gasteiger partial charge in [-0.3, -0.25) is 9.78 Å². The van der Waals surface area contributed by atoms with Gasteiger partial charge in [-0.1, -0.05) is 18.2 Å². The van der Waals surface area contributed by atoms with E-state index in [9.17, 15) is 18.0 Å². The summed E-state index contributed by atoms with van der Waals surface area (Å²) >= 11 is 0. The molecule has 1 aliphatic rings. The number of carbonyl (C=O) groups is 1. The highest BCUT2D eigenvalue weighted by Gasteiger charge is 2.35. The number of aryl methyl sites for hydroxylation is 2. The molecule has 4 rings (SSSR count). The summed E-state index contributed by atoms with van der Waals surface area (Å²) in [5.41, 5.74) is 7.32. The van der Waals surface area contributed by atoms with Crippen LogP contribution in [0.15, 0.2) is 48.8 Å². The minimum Gasteiger partial charge on any atom is -0.369 e. The molecule has 1 aromatic carbocycles. The number of anilines is 2. The van der Waals surface area contributed by atoms with Crippen molar-refractivity contribution in [3.05, 3.63) is 76.9 Å². The molecule has 190 valence electrons. The van der Waals surface area contributed by atoms with E-state index in [0.29, 0.717) is 22.9 Å². The molecule has 1 amide bonds. The van der Waals surface area contributed by atoms with Crippen LogP contribution in [0.25, 0.3) is 0 Å². The number of aromatic nitrogens is 3. The number of carbonyl (C=O) groups excluding carboxylic acids is 1. The highest BCUT2D eigenvalue weighted by Crippen LogP contribution is 2.33. The maximum Gasteiger partial charge on any atom is 0.419 e. The Labute approximate surface area is 208 Å². The van der Waals surface area contributed by atoms with E-state index in [1.807, 2.05) is 24.3 Å². The zero-order valence-electron chi connectivity index (χ0n) is 20.1. The number of rotatable bonds is 8. The fourth-order valence-electron chi connectivity index (χ4n) is 4.50. The number of piperidine rings is 1. The first kappa shape index (κ1) is 25.6. The lowest BCUT2D eigenvalue weighted by Crippen LogP contribution is -2.29. The number of primary amides is 1. The van der Waals surface area contributed by atoms with Gasteiger partial charge in [0.05, 0.1) is 17.7 Å². The second kappa shape index (κ2) is 11.0. The molecule has 3 aromatic rings. The summed E-state index contributed by atoms with van der Waals surface area (Å²) in [7, 11) is 2.12. The molecule has 36 heavy (non-hydrogen) atoms. The number of alkyl halides is 3. The largest absolute Gasteiger partial charge is 0.419 e. The van der Waals surface area contributed by atoms with E-state index in [2.05, 4.69) is 32.2 Å². The minimum atomic E-state index is -4.59. The van der Waals surface area contributed by atoms with Crippen molar-refractivity contribution in [2.24, 2.45) is 5.73 Å². The Kier molecular flexibility index (Phi) is 7.83. The van der Waals surface area contributed by atoms with Crippen molar-refractivity contribution < 1.29 is 18.0 Å². The molecular weight excluding hydrogens is 469 g/mol. The molecule has 1 fully saturated rings. The van der Waals surface area contributed by atoms with Gasteiger partial charge in [0.1, 0.15) is 0 Å². The number of nitrogens with zero attached hydrogens (tertiary/aromatic N) is 4. The first-order valence-electron chi connectivity index (χ1n) is 11.9. The van der Waals surface area contributed by atoms with Crippen molar-refractivity contribution in [3.63, 3.8) is 0 Å². The number of likely N-dealkylation sites (tertiary alicyclic amines) is 1. The second-order valence-corrected chi connectivity index (χ2v) is 9.13. The van der Waals surface area contributed by atoms with Crippen molar-refractivity contribution in [3.8, 4) is 0 Å². The van der Waals surface area contributed by atoms with E-state index in [-0.39, 0.29) is 30.9 Å². The number of pyridine rings is 1. The second-order valence-electron chi connectivity index (χ2n) is 9.13. The molecule has 7 nitrogen and oxygen atoms in total. The molecule has 0 saturated carbocycles. The normalized spacial score (nSPS) is 15.1. The van der Waals surface area contributed by atoms with Gasteiger partial charge in [0, 0.05) is 23.8 Å². The maximum absolute atomic E-state index is 13.6. The van der Waals surface area contributed by atoms with Crippen LogP contribution in [0.4, 0.5) is 24.8 Å². The summed E-state index contributed by atoms with van der Waals surface area (Å²) in [6.45, 7) is 2.13. The minimum absolute atomic E-state index is 0.0239. The Morgan fingerprint density at radius 3 is 2.44 bits per heavy atom. The third-order valence-electron chi connectivity index (χ3n) is 6.48. The van der Waals surface area contributed by atoms with Crippen LogP contribution in [-0.4, -0.2) is 45.9 Å². The van der Waals surface area contributed by atoms with Crippen LogP contribution in [0.5, 0.6) is 0 Å². The molecular formula is C26H29F3N6O. The van der Waals surface area contributed by atoms with Crippen LogP contribution >= 0.6 is 0 Å². The predicted molar refractivity (Wildman–Crippen MR) is 131 cm³/mol. The van der Waals surface area contributed by atoms with Gasteiger partial charge in [-0.2, -0.15) is 13.2 Å². The van der Waals surface area contributed by atoms with Gasteiger partial charge in [0.15, 0.2) is 0 Å². The van der Waals surface area contributed by atoms with E-state index in [4.69, 9.17) is 5.73 Å². The van der Waals surface area contributed by atoms with Crippen molar-refractivity contribution >= 4 is 17.5 Å². The molecule has 1 saturated heterocycles. The first-order chi connectivity index (χ1) is 17.2. The number of halogens is 3. The molecule has 0 aliphatic carbocycles. The number of hydrogen-bond donors (Lipinski definition) is 2. The Morgan fingerprint density at radius 2 is 1.78 bits per heavy atom. The lowest BCUT2D eigenvalue weighted by atomic mass is 9.89. The van der Waals surface area contributed by atoms with Crippen LogP contribution in [0.2, 0.25) is 0 Å². The van der Waals surface area contributed by atoms with E-state index >= 15 is 0 Å². The van der Waals surface area contributed by atoms with Crippen molar-refractivity contribution in [2.45, 2.75) is 44.2 Å². The third-order valence-corrected chi connectivity index (χ3v) is 6.48. The average molecular weight is 499 g/mol. The van der Waals surface area contributed by atoms with Gasteiger partial charge in [0.25, 0.3) is 0 Å². The molecule has 3 heterocycles. The van der Waals surface area contributed by atoms with Crippen LogP contribution in [0, 0.1) is 0 Å². The molecule has 0 bridgehead atoms. The lowest BCUT2D eigenvalue weighted by Gasteiger charge is -2.29. The van der Waals surface area contributed by atoms with Gasteiger partial charge < -0.3 is 16.0 Å². The molecule has 10 heteroatoms. The Morgan fingerprint density at radius 1 is 1.08 bits per heavy atom.